The van der Waals surface area contributed by atoms with E-state index in [-0.39, 0.29) is 0 Å². The summed E-state index contributed by atoms with van der Waals surface area (Å²) in [6, 6.07) is 24.0. The van der Waals surface area contributed by atoms with Crippen molar-refractivity contribution < 1.29 is 9.53 Å². The predicted octanol–water partition coefficient (Wildman–Crippen LogP) is 9.02. The highest BCUT2D eigenvalue weighted by atomic mass is 16.6. The maximum absolute atomic E-state index is 12.2. The Morgan fingerprint density at radius 1 is 0.694 bits per heavy atom. The van der Waals surface area contributed by atoms with Crippen LogP contribution in [-0.4, -0.2) is 37.3 Å². The number of alkyl carbamates (subject to hydrolysis) is 1. The van der Waals surface area contributed by atoms with E-state index in [0.717, 1.165) is 54.3 Å². The highest BCUT2D eigenvalue weighted by Gasteiger charge is 2.15. The summed E-state index contributed by atoms with van der Waals surface area (Å²) in [5, 5.41) is 2.83. The molecule has 5 aromatic rings. The van der Waals surface area contributed by atoms with Crippen LogP contribution >= 0.6 is 0 Å². The topological polar surface area (TPSA) is 74.0 Å². The van der Waals surface area contributed by atoms with Crippen LogP contribution < -0.4 is 5.32 Å². The third-order valence-corrected chi connectivity index (χ3v) is 8.61. The van der Waals surface area contributed by atoms with Gasteiger partial charge in [0.05, 0.1) is 0 Å². The van der Waals surface area contributed by atoms with Gasteiger partial charge in [-0.2, -0.15) is 0 Å². The Kier molecular flexibility index (Phi) is 10.9. The van der Waals surface area contributed by atoms with Gasteiger partial charge in [-0.05, 0) is 164 Å². The molecule has 4 heterocycles. The van der Waals surface area contributed by atoms with Crippen molar-refractivity contribution in [2.24, 2.45) is 0 Å². The first kappa shape index (κ1) is 35.4. The molecule has 0 bridgehead atoms. The minimum atomic E-state index is -0.533. The fourth-order valence-electron chi connectivity index (χ4n) is 6.36. The molecule has 0 saturated carbocycles. The number of carbonyl (C=O) groups excluding carboxylic acids is 1. The van der Waals surface area contributed by atoms with Gasteiger partial charge >= 0.3 is 6.09 Å². The number of pyridine rings is 2. The first-order chi connectivity index (χ1) is 23.3. The molecule has 1 N–H and O–H groups in total. The Hall–Kier alpha value is -4.91. The number of hydrogen-bond acceptors (Lipinski definition) is 4. The molecule has 0 unspecified atom stereocenters. The van der Waals surface area contributed by atoms with Crippen LogP contribution in [0.5, 0.6) is 0 Å². The minimum Gasteiger partial charge on any atom is -0.444 e. The number of aromatic nitrogens is 4. The van der Waals surface area contributed by atoms with E-state index in [0.29, 0.717) is 6.54 Å². The first-order valence-electron chi connectivity index (χ1n) is 17.3. The van der Waals surface area contributed by atoms with Crippen molar-refractivity contribution in [3.63, 3.8) is 0 Å². The second-order valence-corrected chi connectivity index (χ2v) is 14.2. The van der Waals surface area contributed by atoms with Gasteiger partial charge in [0.1, 0.15) is 17.2 Å². The molecule has 0 aliphatic rings. The summed E-state index contributed by atoms with van der Waals surface area (Å²) in [4.78, 5) is 22.3. The zero-order valence-corrected chi connectivity index (χ0v) is 30.6. The molecule has 256 valence electrons. The van der Waals surface area contributed by atoms with Crippen LogP contribution in [0.25, 0.3) is 17.7 Å². The largest absolute Gasteiger partial charge is 0.444 e. The Morgan fingerprint density at radius 3 is 1.71 bits per heavy atom. The van der Waals surface area contributed by atoms with Crippen LogP contribution in [0.15, 0.2) is 72.8 Å². The number of nitrogens with zero attached hydrogens (tertiary/aromatic N) is 4. The van der Waals surface area contributed by atoms with Gasteiger partial charge in [0.15, 0.2) is 0 Å². The normalized spacial score (nSPS) is 11.8. The van der Waals surface area contributed by atoms with Crippen LogP contribution in [-0.2, 0) is 30.4 Å². The van der Waals surface area contributed by atoms with Gasteiger partial charge in [-0.1, -0.05) is 30.4 Å². The summed E-state index contributed by atoms with van der Waals surface area (Å²) in [5.74, 6) is 1.94. The van der Waals surface area contributed by atoms with E-state index < -0.39 is 11.7 Å². The second-order valence-electron chi connectivity index (χ2n) is 14.2. The van der Waals surface area contributed by atoms with Crippen molar-refractivity contribution in [3.8, 4) is 11.6 Å². The van der Waals surface area contributed by atoms with E-state index in [4.69, 9.17) is 14.7 Å². The van der Waals surface area contributed by atoms with Crippen LogP contribution in [0.1, 0.15) is 82.8 Å². The lowest BCUT2D eigenvalue weighted by molar-refractivity contribution is 0.0534. The molecule has 0 radical (unpaired) electrons. The van der Waals surface area contributed by atoms with Gasteiger partial charge in [-0.15, -0.1) is 0 Å². The fourth-order valence-corrected chi connectivity index (χ4v) is 6.36. The second kappa shape index (κ2) is 15.1. The third-order valence-electron chi connectivity index (χ3n) is 8.61. The minimum absolute atomic E-state index is 0.385. The monoisotopic (exact) mass is 657 g/mol. The van der Waals surface area contributed by atoms with Crippen LogP contribution in [0.3, 0.4) is 0 Å². The molecule has 0 saturated heterocycles. The van der Waals surface area contributed by atoms with Gasteiger partial charge in [-0.25, -0.2) is 14.8 Å². The van der Waals surface area contributed by atoms with Crippen molar-refractivity contribution >= 4 is 12.2 Å². The molecule has 0 fully saturated rings. The molecule has 1 amide bonds. The molecule has 7 nitrogen and oxygen atoms in total. The molecule has 4 aromatic heterocycles. The SMILES string of the molecule is Cc1cc(CCc2ccc(/C=C/CNC(=O)OC(C)(C)C)c(CCc3cc(C)cc(-n4c(C)ccc4C)n3)c2)nc(-n2c(C)ccc2C)c1. The fraction of sp³-hybridized carbons (Fsp3) is 0.357. The number of nitrogens with one attached hydrogen (secondary N) is 1. The molecule has 0 aliphatic carbocycles. The van der Waals surface area contributed by atoms with Gasteiger partial charge < -0.3 is 19.2 Å². The lowest BCUT2D eigenvalue weighted by atomic mass is 9.96. The van der Waals surface area contributed by atoms with E-state index >= 15 is 0 Å². The van der Waals surface area contributed by atoms with Gasteiger partial charge in [0, 0.05) is 40.7 Å². The molecular formula is C42H51N5O2. The summed E-state index contributed by atoms with van der Waals surface area (Å²) >= 11 is 0. The van der Waals surface area contributed by atoms with Crippen molar-refractivity contribution in [3.05, 3.63) is 135 Å². The Morgan fingerprint density at radius 2 is 1.20 bits per heavy atom. The summed E-state index contributed by atoms with van der Waals surface area (Å²) < 4.78 is 9.82. The standard InChI is InChI=1S/C42H51N5O2/c1-28-23-37(44-39(25-28)46-30(3)12-13-31(46)4)20-17-34-16-18-35(11-10-22-43-41(48)49-42(7,8)9)36(27-34)19-21-38-24-29(2)26-40(45-38)47-32(5)14-15-33(47)6/h10-16,18,23-27H,17,19-22H2,1-9H3,(H,43,48)/b11-10+. The number of amides is 1. The van der Waals surface area contributed by atoms with E-state index in [1.807, 2.05) is 26.8 Å². The van der Waals surface area contributed by atoms with Crippen molar-refractivity contribution in [1.82, 2.24) is 24.4 Å². The summed E-state index contributed by atoms with van der Waals surface area (Å²) in [5.41, 5.74) is 12.4. The highest BCUT2D eigenvalue weighted by Crippen LogP contribution is 2.22. The van der Waals surface area contributed by atoms with E-state index in [9.17, 15) is 4.79 Å². The Labute approximate surface area is 292 Å². The van der Waals surface area contributed by atoms with Crippen LogP contribution in [0, 0.1) is 41.5 Å². The summed E-state index contributed by atoms with van der Waals surface area (Å²) in [6.07, 6.45) is 7.03. The van der Waals surface area contributed by atoms with Gasteiger partial charge in [-0.3, -0.25) is 0 Å². The molecule has 1 aromatic carbocycles. The zero-order valence-electron chi connectivity index (χ0n) is 30.6. The maximum Gasteiger partial charge on any atom is 0.407 e. The number of ether oxygens (including phenoxy) is 1. The molecule has 0 spiro atoms. The quantitative estimate of drug-likeness (QED) is 0.154. The van der Waals surface area contributed by atoms with Crippen LogP contribution in [0.2, 0.25) is 0 Å². The average molecular weight is 658 g/mol. The van der Waals surface area contributed by atoms with Crippen molar-refractivity contribution in [1.29, 1.82) is 0 Å². The predicted molar refractivity (Wildman–Crippen MR) is 200 cm³/mol. The number of carbonyl (C=O) groups is 1. The molecule has 0 aliphatic heterocycles. The Balaban J connectivity index is 1.37. The van der Waals surface area contributed by atoms with Crippen molar-refractivity contribution in [2.45, 2.75) is 93.6 Å². The lowest BCUT2D eigenvalue weighted by Crippen LogP contribution is -2.32. The number of hydrogen-bond donors (Lipinski definition) is 1. The van der Waals surface area contributed by atoms with E-state index in [1.165, 1.54) is 45.0 Å². The van der Waals surface area contributed by atoms with E-state index in [2.05, 4.69) is 129 Å². The number of aryl methyl sites for hydroxylation is 10. The first-order valence-corrected chi connectivity index (χ1v) is 17.3. The lowest BCUT2D eigenvalue weighted by Gasteiger charge is -2.19. The highest BCUT2D eigenvalue weighted by molar-refractivity contribution is 5.68. The zero-order chi connectivity index (χ0) is 35.3. The smallest absolute Gasteiger partial charge is 0.407 e. The maximum atomic E-state index is 12.2. The van der Waals surface area contributed by atoms with Gasteiger partial charge in [0.25, 0.3) is 0 Å². The third kappa shape index (κ3) is 9.38. The van der Waals surface area contributed by atoms with Crippen LogP contribution in [0.4, 0.5) is 4.79 Å². The Bertz CT molecular complexity index is 1930. The molecular weight excluding hydrogens is 606 g/mol. The number of rotatable bonds is 11. The average Bonchev–Trinajstić information content (AvgIpc) is 3.54. The van der Waals surface area contributed by atoms with Crippen molar-refractivity contribution in [2.75, 3.05) is 6.54 Å². The molecule has 49 heavy (non-hydrogen) atoms. The number of benzene rings is 1. The summed E-state index contributed by atoms with van der Waals surface area (Å²) in [6.45, 7) is 18.7. The molecule has 7 heteroatoms. The van der Waals surface area contributed by atoms with E-state index in [1.54, 1.807) is 0 Å². The molecule has 0 atom stereocenters. The molecule has 5 rings (SSSR count). The summed E-state index contributed by atoms with van der Waals surface area (Å²) in [7, 11) is 0. The van der Waals surface area contributed by atoms with Gasteiger partial charge in [0.2, 0.25) is 0 Å².